The molecule has 4 nitrogen and oxygen atoms in total. The van der Waals surface area contributed by atoms with Crippen LogP contribution in [0.5, 0.6) is 0 Å². The highest BCUT2D eigenvalue weighted by atomic mass is 32.2. The van der Waals surface area contributed by atoms with Crippen molar-refractivity contribution in [1.29, 1.82) is 0 Å². The van der Waals surface area contributed by atoms with Gasteiger partial charge in [-0.05, 0) is 24.5 Å². The molecule has 94 valence electrons. The largest absolute Gasteiger partial charge is 0.398 e. The van der Waals surface area contributed by atoms with Gasteiger partial charge >= 0.3 is 0 Å². The highest BCUT2D eigenvalue weighted by Crippen LogP contribution is 2.32. The first-order valence-electron chi connectivity index (χ1n) is 5.88. The number of sulfonamides is 1. The Balaban J connectivity index is 2.18. The third-order valence-electron chi connectivity index (χ3n) is 3.06. The van der Waals surface area contributed by atoms with Gasteiger partial charge in [-0.2, -0.15) is 4.31 Å². The van der Waals surface area contributed by atoms with Crippen molar-refractivity contribution in [3.8, 4) is 0 Å². The molecule has 2 rings (SSSR count). The van der Waals surface area contributed by atoms with Crippen LogP contribution in [0.2, 0.25) is 0 Å². The molecule has 0 heterocycles. The third kappa shape index (κ3) is 2.61. The molecule has 0 atom stereocenters. The van der Waals surface area contributed by atoms with Crippen LogP contribution in [-0.2, 0) is 16.6 Å². The van der Waals surface area contributed by atoms with Gasteiger partial charge in [0.1, 0.15) is 0 Å². The van der Waals surface area contributed by atoms with Crippen molar-refractivity contribution >= 4 is 15.7 Å². The number of rotatable bonds is 5. The molecule has 1 aliphatic carbocycles. The topological polar surface area (TPSA) is 63.4 Å². The molecule has 0 aliphatic heterocycles. The fraction of sp³-hybridized carbons (Fsp3) is 0.500. The van der Waals surface area contributed by atoms with Gasteiger partial charge in [-0.3, -0.25) is 0 Å². The lowest BCUT2D eigenvalue weighted by Gasteiger charge is -2.21. The van der Waals surface area contributed by atoms with Crippen molar-refractivity contribution < 1.29 is 8.42 Å². The van der Waals surface area contributed by atoms with Crippen molar-refractivity contribution in [2.24, 2.45) is 0 Å². The van der Waals surface area contributed by atoms with Gasteiger partial charge in [-0.1, -0.05) is 25.1 Å². The summed E-state index contributed by atoms with van der Waals surface area (Å²) in [6, 6.07) is 7.40. The van der Waals surface area contributed by atoms with Crippen molar-refractivity contribution in [2.75, 3.05) is 12.3 Å². The SMILES string of the molecule is CCN(Cc1ccccc1N)S(=O)(=O)C1CC1. The van der Waals surface area contributed by atoms with Crippen LogP contribution < -0.4 is 5.73 Å². The molecular formula is C12H18N2O2S. The van der Waals surface area contributed by atoms with E-state index in [0.717, 1.165) is 18.4 Å². The monoisotopic (exact) mass is 254 g/mol. The van der Waals surface area contributed by atoms with Gasteiger partial charge in [0.25, 0.3) is 0 Å². The second-order valence-corrected chi connectivity index (χ2v) is 6.58. The Morgan fingerprint density at radius 2 is 2.00 bits per heavy atom. The normalized spacial score (nSPS) is 16.4. The summed E-state index contributed by atoms with van der Waals surface area (Å²) in [5, 5.41) is -0.160. The van der Waals surface area contributed by atoms with E-state index in [0.29, 0.717) is 18.8 Å². The molecule has 2 N–H and O–H groups in total. The molecule has 1 saturated carbocycles. The summed E-state index contributed by atoms with van der Waals surface area (Å²) >= 11 is 0. The van der Waals surface area contributed by atoms with E-state index in [2.05, 4.69) is 0 Å². The molecule has 0 amide bonds. The van der Waals surface area contributed by atoms with Gasteiger partial charge < -0.3 is 5.73 Å². The van der Waals surface area contributed by atoms with E-state index in [1.165, 1.54) is 4.31 Å². The average molecular weight is 254 g/mol. The van der Waals surface area contributed by atoms with Crippen molar-refractivity contribution in [1.82, 2.24) is 4.31 Å². The van der Waals surface area contributed by atoms with Crippen LogP contribution in [-0.4, -0.2) is 24.5 Å². The Morgan fingerprint density at radius 1 is 1.35 bits per heavy atom. The van der Waals surface area contributed by atoms with Crippen LogP contribution in [0.1, 0.15) is 25.3 Å². The molecule has 1 aromatic carbocycles. The van der Waals surface area contributed by atoms with E-state index < -0.39 is 10.0 Å². The van der Waals surface area contributed by atoms with Crippen LogP contribution >= 0.6 is 0 Å². The minimum atomic E-state index is -3.12. The quantitative estimate of drug-likeness (QED) is 0.811. The van der Waals surface area contributed by atoms with E-state index in [4.69, 9.17) is 5.73 Å². The molecule has 1 aliphatic rings. The van der Waals surface area contributed by atoms with E-state index in [1.807, 2.05) is 25.1 Å². The predicted molar refractivity (Wildman–Crippen MR) is 68.9 cm³/mol. The number of nitrogens with two attached hydrogens (primary N) is 1. The lowest BCUT2D eigenvalue weighted by Crippen LogP contribution is -2.33. The maximum Gasteiger partial charge on any atom is 0.217 e. The van der Waals surface area contributed by atoms with Gasteiger partial charge in [-0.15, -0.1) is 0 Å². The second-order valence-electron chi connectivity index (χ2n) is 4.37. The fourth-order valence-corrected chi connectivity index (χ4v) is 3.66. The highest BCUT2D eigenvalue weighted by molar-refractivity contribution is 7.90. The van der Waals surface area contributed by atoms with Gasteiger partial charge in [0, 0.05) is 18.8 Å². The molecule has 0 spiro atoms. The molecule has 0 radical (unpaired) electrons. The zero-order chi connectivity index (χ0) is 12.5. The first kappa shape index (κ1) is 12.4. The zero-order valence-corrected chi connectivity index (χ0v) is 10.8. The number of anilines is 1. The molecule has 0 bridgehead atoms. The van der Waals surface area contributed by atoms with E-state index in [1.54, 1.807) is 6.07 Å². The Bertz CT molecular complexity index is 495. The number of hydrogen-bond acceptors (Lipinski definition) is 3. The Hall–Kier alpha value is -1.07. The maximum absolute atomic E-state index is 12.1. The minimum absolute atomic E-state index is 0.160. The summed E-state index contributed by atoms with van der Waals surface area (Å²) in [4.78, 5) is 0. The first-order valence-corrected chi connectivity index (χ1v) is 7.38. The number of nitrogen functional groups attached to an aromatic ring is 1. The van der Waals surface area contributed by atoms with Gasteiger partial charge in [-0.25, -0.2) is 8.42 Å². The van der Waals surface area contributed by atoms with E-state index in [-0.39, 0.29) is 5.25 Å². The summed E-state index contributed by atoms with van der Waals surface area (Å²) in [7, 11) is -3.12. The van der Waals surface area contributed by atoms with Gasteiger partial charge in [0.05, 0.1) is 5.25 Å². The highest BCUT2D eigenvalue weighted by Gasteiger charge is 2.39. The predicted octanol–water partition coefficient (Wildman–Crippen LogP) is 1.58. The molecule has 1 aromatic rings. The first-order chi connectivity index (χ1) is 8.05. The average Bonchev–Trinajstić information content (AvgIpc) is 3.11. The smallest absolute Gasteiger partial charge is 0.217 e. The second kappa shape index (κ2) is 4.66. The lowest BCUT2D eigenvalue weighted by atomic mass is 10.2. The lowest BCUT2D eigenvalue weighted by molar-refractivity contribution is 0.423. The minimum Gasteiger partial charge on any atom is -0.398 e. The summed E-state index contributed by atoms with van der Waals surface area (Å²) in [6.45, 7) is 2.73. The third-order valence-corrected chi connectivity index (χ3v) is 5.48. The van der Waals surface area contributed by atoms with Crippen molar-refractivity contribution in [2.45, 2.75) is 31.6 Å². The molecule has 5 heteroatoms. The molecule has 0 saturated heterocycles. The number of nitrogens with zero attached hydrogens (tertiary/aromatic N) is 1. The molecular weight excluding hydrogens is 236 g/mol. The van der Waals surface area contributed by atoms with Crippen LogP contribution in [0, 0.1) is 0 Å². The molecule has 17 heavy (non-hydrogen) atoms. The van der Waals surface area contributed by atoms with E-state index >= 15 is 0 Å². The van der Waals surface area contributed by atoms with E-state index in [9.17, 15) is 8.42 Å². The summed E-state index contributed by atoms with van der Waals surface area (Å²) in [6.07, 6.45) is 1.59. The van der Waals surface area contributed by atoms with Crippen molar-refractivity contribution in [3.05, 3.63) is 29.8 Å². The number of hydrogen-bond donors (Lipinski definition) is 1. The standard InChI is InChI=1S/C12H18N2O2S/c1-2-14(17(15,16)11-7-8-11)9-10-5-3-4-6-12(10)13/h3-6,11H,2,7-9,13H2,1H3. The van der Waals surface area contributed by atoms with Crippen molar-refractivity contribution in [3.63, 3.8) is 0 Å². The van der Waals surface area contributed by atoms with Crippen LogP contribution in [0.25, 0.3) is 0 Å². The Kier molecular flexibility index (Phi) is 3.40. The summed E-state index contributed by atoms with van der Waals surface area (Å²) < 4.78 is 25.8. The Labute approximate surface area is 102 Å². The van der Waals surface area contributed by atoms with Gasteiger partial charge in [0.2, 0.25) is 10.0 Å². The van der Waals surface area contributed by atoms with Crippen LogP contribution in [0.3, 0.4) is 0 Å². The van der Waals surface area contributed by atoms with Crippen LogP contribution in [0.15, 0.2) is 24.3 Å². The fourth-order valence-electron chi connectivity index (χ4n) is 1.83. The molecule has 0 aromatic heterocycles. The van der Waals surface area contributed by atoms with Gasteiger partial charge in [0.15, 0.2) is 0 Å². The Morgan fingerprint density at radius 3 is 2.53 bits per heavy atom. The summed E-state index contributed by atoms with van der Waals surface area (Å²) in [5.41, 5.74) is 7.36. The molecule has 1 fully saturated rings. The number of para-hydroxylation sites is 1. The summed E-state index contributed by atoms with van der Waals surface area (Å²) in [5.74, 6) is 0. The number of benzene rings is 1. The van der Waals surface area contributed by atoms with Crippen LogP contribution in [0.4, 0.5) is 5.69 Å². The zero-order valence-electron chi connectivity index (χ0n) is 9.96. The molecule has 0 unspecified atom stereocenters. The maximum atomic E-state index is 12.1.